The van der Waals surface area contributed by atoms with Gasteiger partial charge in [0.15, 0.2) is 5.82 Å². The number of para-hydroxylation sites is 1. The lowest BCUT2D eigenvalue weighted by Crippen LogP contribution is -2.43. The minimum atomic E-state index is -0.360. The second kappa shape index (κ2) is 4.28. The second-order valence-electron chi connectivity index (χ2n) is 5.33. The maximum atomic E-state index is 13.9. The summed E-state index contributed by atoms with van der Waals surface area (Å²) < 4.78 is 21.4. The van der Waals surface area contributed by atoms with E-state index in [0.717, 1.165) is 17.9 Å². The Morgan fingerprint density at radius 1 is 1.58 bits per heavy atom. The van der Waals surface area contributed by atoms with Crippen molar-refractivity contribution in [3.8, 4) is 0 Å². The van der Waals surface area contributed by atoms with E-state index in [9.17, 15) is 4.39 Å². The molecule has 3 rings (SSSR count). The van der Waals surface area contributed by atoms with Crippen molar-refractivity contribution in [2.45, 2.75) is 31.8 Å². The van der Waals surface area contributed by atoms with E-state index in [2.05, 4.69) is 4.98 Å². The Balaban J connectivity index is 2.26. The van der Waals surface area contributed by atoms with Gasteiger partial charge in [0.05, 0.1) is 24.1 Å². The molecule has 5 heteroatoms. The molecule has 4 nitrogen and oxygen atoms in total. The highest BCUT2D eigenvalue weighted by Gasteiger charge is 2.43. The summed E-state index contributed by atoms with van der Waals surface area (Å²) in [5.41, 5.74) is 7.03. The smallest absolute Gasteiger partial charge is 0.151 e. The largest absolute Gasteiger partial charge is 0.379 e. The highest BCUT2D eigenvalue weighted by molar-refractivity contribution is 5.77. The van der Waals surface area contributed by atoms with Gasteiger partial charge in [0.2, 0.25) is 0 Å². The van der Waals surface area contributed by atoms with Gasteiger partial charge in [-0.2, -0.15) is 0 Å². The molecule has 2 aromatic rings. The molecule has 0 aliphatic carbocycles. The Bertz CT molecular complexity index is 624. The number of hydrogen-bond acceptors (Lipinski definition) is 3. The number of halogens is 1. The molecule has 0 spiro atoms. The summed E-state index contributed by atoms with van der Waals surface area (Å²) in [6.07, 6.45) is 0. The van der Waals surface area contributed by atoms with E-state index in [1.807, 2.05) is 24.5 Å². The van der Waals surface area contributed by atoms with Crippen molar-refractivity contribution in [3.63, 3.8) is 0 Å². The highest BCUT2D eigenvalue weighted by atomic mass is 19.1. The molecule has 1 aliphatic heterocycles. The number of imidazole rings is 1. The maximum absolute atomic E-state index is 13.9. The van der Waals surface area contributed by atoms with Crippen molar-refractivity contribution in [2.24, 2.45) is 5.73 Å². The van der Waals surface area contributed by atoms with Gasteiger partial charge in [0, 0.05) is 12.6 Å². The number of ether oxygens (including phenoxy) is 1. The lowest BCUT2D eigenvalue weighted by molar-refractivity contribution is 0.177. The molecule has 0 amide bonds. The number of benzene rings is 1. The Labute approximate surface area is 111 Å². The third kappa shape index (κ3) is 1.69. The summed E-state index contributed by atoms with van der Waals surface area (Å²) in [6, 6.07) is 4.93. The van der Waals surface area contributed by atoms with Gasteiger partial charge in [-0.1, -0.05) is 6.07 Å². The molecule has 102 valence electrons. The second-order valence-corrected chi connectivity index (χ2v) is 5.33. The molecule has 0 radical (unpaired) electrons. The molecule has 1 aromatic heterocycles. The number of nitrogens with two attached hydrogens (primary N) is 1. The molecular weight excluding hydrogens is 245 g/mol. The third-order valence-corrected chi connectivity index (χ3v) is 4.07. The number of fused-ring (bicyclic) bond motifs is 1. The molecule has 2 atom stereocenters. The van der Waals surface area contributed by atoms with Crippen molar-refractivity contribution < 1.29 is 9.13 Å². The van der Waals surface area contributed by atoms with E-state index in [-0.39, 0.29) is 17.3 Å². The first kappa shape index (κ1) is 12.6. The molecule has 1 aromatic carbocycles. The SMILES string of the molecule is CCn1c(C2(C)COCC2N)nc2c(F)cccc21. The number of aryl methyl sites for hydroxylation is 1. The minimum absolute atomic E-state index is 0.113. The van der Waals surface area contributed by atoms with Crippen LogP contribution in [0.15, 0.2) is 18.2 Å². The summed E-state index contributed by atoms with van der Waals surface area (Å²) in [6.45, 7) is 5.85. The van der Waals surface area contributed by atoms with E-state index in [1.165, 1.54) is 6.07 Å². The molecule has 2 unspecified atom stereocenters. The van der Waals surface area contributed by atoms with Crippen LogP contribution in [-0.4, -0.2) is 28.8 Å². The maximum Gasteiger partial charge on any atom is 0.151 e. The van der Waals surface area contributed by atoms with Crippen molar-refractivity contribution >= 4 is 11.0 Å². The van der Waals surface area contributed by atoms with E-state index in [4.69, 9.17) is 10.5 Å². The van der Waals surface area contributed by atoms with Gasteiger partial charge in [0.1, 0.15) is 11.3 Å². The van der Waals surface area contributed by atoms with Gasteiger partial charge in [-0.15, -0.1) is 0 Å². The lowest BCUT2D eigenvalue weighted by Gasteiger charge is -2.26. The summed E-state index contributed by atoms with van der Waals surface area (Å²) in [5, 5.41) is 0. The summed E-state index contributed by atoms with van der Waals surface area (Å²) in [4.78, 5) is 4.52. The van der Waals surface area contributed by atoms with Gasteiger partial charge in [-0.3, -0.25) is 0 Å². The van der Waals surface area contributed by atoms with Gasteiger partial charge in [0.25, 0.3) is 0 Å². The third-order valence-electron chi connectivity index (χ3n) is 4.07. The molecule has 19 heavy (non-hydrogen) atoms. The molecular formula is C14H18FN3O. The zero-order valence-corrected chi connectivity index (χ0v) is 11.2. The first-order valence-corrected chi connectivity index (χ1v) is 6.56. The van der Waals surface area contributed by atoms with Crippen LogP contribution in [-0.2, 0) is 16.7 Å². The molecule has 1 fully saturated rings. The Kier molecular flexibility index (Phi) is 2.83. The summed E-state index contributed by atoms with van der Waals surface area (Å²) in [7, 11) is 0. The molecule has 0 bridgehead atoms. The highest BCUT2D eigenvalue weighted by Crippen LogP contribution is 2.34. The van der Waals surface area contributed by atoms with Crippen LogP contribution in [0.4, 0.5) is 4.39 Å². The normalized spacial score (nSPS) is 27.3. The number of rotatable bonds is 2. The number of hydrogen-bond donors (Lipinski definition) is 1. The lowest BCUT2D eigenvalue weighted by atomic mass is 9.85. The van der Waals surface area contributed by atoms with E-state index >= 15 is 0 Å². The fraction of sp³-hybridized carbons (Fsp3) is 0.500. The monoisotopic (exact) mass is 263 g/mol. The van der Waals surface area contributed by atoms with E-state index in [1.54, 1.807) is 6.07 Å². The average Bonchev–Trinajstić information content (AvgIpc) is 2.93. The van der Waals surface area contributed by atoms with Crippen LogP contribution >= 0.6 is 0 Å². The minimum Gasteiger partial charge on any atom is -0.379 e. The zero-order valence-electron chi connectivity index (χ0n) is 11.2. The Morgan fingerprint density at radius 2 is 2.37 bits per heavy atom. The van der Waals surface area contributed by atoms with Crippen LogP contribution in [0.5, 0.6) is 0 Å². The van der Waals surface area contributed by atoms with E-state index in [0.29, 0.717) is 18.7 Å². The van der Waals surface area contributed by atoms with Gasteiger partial charge in [-0.25, -0.2) is 9.37 Å². The average molecular weight is 263 g/mol. The molecule has 1 aliphatic rings. The number of nitrogens with zero attached hydrogens (tertiary/aromatic N) is 2. The molecule has 0 saturated carbocycles. The van der Waals surface area contributed by atoms with Crippen LogP contribution < -0.4 is 5.73 Å². The standard InChI is InChI=1S/C14H18FN3O/c1-3-18-10-6-4-5-9(15)12(10)17-13(18)14(2)8-19-7-11(14)16/h4-6,11H,3,7-8,16H2,1-2H3. The molecule has 1 saturated heterocycles. The quantitative estimate of drug-likeness (QED) is 0.899. The summed E-state index contributed by atoms with van der Waals surface area (Å²) in [5.74, 6) is 0.530. The Morgan fingerprint density at radius 3 is 3.00 bits per heavy atom. The van der Waals surface area contributed by atoms with Crippen LogP contribution in [0.1, 0.15) is 19.7 Å². The van der Waals surface area contributed by atoms with Crippen molar-refractivity contribution in [3.05, 3.63) is 29.8 Å². The zero-order chi connectivity index (χ0) is 13.6. The molecule has 2 N–H and O–H groups in total. The van der Waals surface area contributed by atoms with Crippen LogP contribution in [0.25, 0.3) is 11.0 Å². The van der Waals surface area contributed by atoms with Crippen LogP contribution in [0.2, 0.25) is 0 Å². The van der Waals surface area contributed by atoms with Gasteiger partial charge >= 0.3 is 0 Å². The number of aromatic nitrogens is 2. The van der Waals surface area contributed by atoms with Crippen LogP contribution in [0, 0.1) is 5.82 Å². The van der Waals surface area contributed by atoms with Crippen LogP contribution in [0.3, 0.4) is 0 Å². The summed E-state index contributed by atoms with van der Waals surface area (Å²) >= 11 is 0. The predicted octanol–water partition coefficient (Wildman–Crippen LogP) is 1.81. The predicted molar refractivity (Wildman–Crippen MR) is 71.5 cm³/mol. The fourth-order valence-electron chi connectivity index (χ4n) is 2.79. The van der Waals surface area contributed by atoms with Crippen molar-refractivity contribution in [2.75, 3.05) is 13.2 Å². The van der Waals surface area contributed by atoms with Crippen molar-refractivity contribution in [1.29, 1.82) is 0 Å². The fourth-order valence-corrected chi connectivity index (χ4v) is 2.79. The van der Waals surface area contributed by atoms with Crippen molar-refractivity contribution in [1.82, 2.24) is 9.55 Å². The topological polar surface area (TPSA) is 53.1 Å². The van der Waals surface area contributed by atoms with E-state index < -0.39 is 0 Å². The molecule has 2 heterocycles. The van der Waals surface area contributed by atoms with Gasteiger partial charge in [-0.05, 0) is 26.0 Å². The first-order valence-electron chi connectivity index (χ1n) is 6.56. The first-order chi connectivity index (χ1) is 9.08. The Hall–Kier alpha value is -1.46. The van der Waals surface area contributed by atoms with Gasteiger partial charge < -0.3 is 15.0 Å².